The second-order valence-electron chi connectivity index (χ2n) is 6.91. The Hall–Kier alpha value is -2.69. The third-order valence-electron chi connectivity index (χ3n) is 4.79. The summed E-state index contributed by atoms with van der Waals surface area (Å²) in [7, 11) is -2.18. The highest BCUT2D eigenvalue weighted by Gasteiger charge is 2.15. The van der Waals surface area contributed by atoms with Gasteiger partial charge in [-0.1, -0.05) is 13.8 Å². The molecule has 1 aromatic carbocycles. The number of anilines is 1. The number of nitrogens with one attached hydrogen (secondary N) is 2. The Kier molecular flexibility index (Phi) is 8.16. The van der Waals surface area contributed by atoms with Crippen molar-refractivity contribution in [3.05, 3.63) is 47.8 Å². The zero-order valence-corrected chi connectivity index (χ0v) is 18.3. The van der Waals surface area contributed by atoms with Gasteiger partial charge in [0.1, 0.15) is 0 Å². The average Bonchev–Trinajstić information content (AvgIpc) is 3.06. The second-order valence-corrected chi connectivity index (χ2v) is 8.47. The van der Waals surface area contributed by atoms with E-state index < -0.39 is 10.0 Å². The molecule has 4 N–H and O–H groups in total. The Morgan fingerprint density at radius 2 is 1.77 bits per heavy atom. The Bertz CT molecular complexity index is 979. The molecule has 9 nitrogen and oxygen atoms in total. The fourth-order valence-electron chi connectivity index (χ4n) is 2.95. The number of aryl methyl sites for hydroxylation is 1. The number of amides is 2. The van der Waals surface area contributed by atoms with Gasteiger partial charge in [0.05, 0.1) is 11.3 Å². The molecule has 0 aliphatic heterocycles. The van der Waals surface area contributed by atoms with Crippen LogP contribution < -0.4 is 15.8 Å². The molecular weight excluding hydrogens is 406 g/mol. The van der Waals surface area contributed by atoms with Crippen molar-refractivity contribution >= 4 is 27.5 Å². The quantitative estimate of drug-likeness (QED) is 0.512. The minimum Gasteiger partial charge on any atom is -0.353 e. The molecule has 0 radical (unpaired) electrons. The minimum atomic E-state index is -3.82. The summed E-state index contributed by atoms with van der Waals surface area (Å²) in [5.74, 6) is -0.479. The Balaban J connectivity index is 1.90. The van der Waals surface area contributed by atoms with E-state index in [4.69, 9.17) is 5.14 Å². The highest BCUT2D eigenvalue weighted by atomic mass is 32.2. The van der Waals surface area contributed by atoms with E-state index in [1.165, 1.54) is 12.3 Å². The van der Waals surface area contributed by atoms with Crippen LogP contribution in [0.15, 0.2) is 41.4 Å². The monoisotopic (exact) mass is 435 g/mol. The summed E-state index contributed by atoms with van der Waals surface area (Å²) < 4.78 is 24.4. The van der Waals surface area contributed by atoms with Crippen LogP contribution in [-0.2, 0) is 28.3 Å². The molecule has 10 heteroatoms. The number of hydrogen-bond donors (Lipinski definition) is 3. The molecule has 164 valence electrons. The lowest BCUT2D eigenvalue weighted by molar-refractivity contribution is -0.115. The van der Waals surface area contributed by atoms with E-state index >= 15 is 0 Å². The maximum absolute atomic E-state index is 12.3. The van der Waals surface area contributed by atoms with Crippen LogP contribution in [0.2, 0.25) is 0 Å². The fraction of sp³-hybridized carbons (Fsp3) is 0.400. The van der Waals surface area contributed by atoms with Gasteiger partial charge in [-0.2, -0.15) is 0 Å². The molecule has 0 aliphatic carbocycles. The highest BCUT2D eigenvalue weighted by molar-refractivity contribution is 7.89. The summed E-state index contributed by atoms with van der Waals surface area (Å²) in [6.45, 7) is 7.39. The predicted octanol–water partition coefficient (Wildman–Crippen LogP) is 0.925. The van der Waals surface area contributed by atoms with E-state index in [1.807, 2.05) is 0 Å². The molecular formula is C20H29N5O4S. The van der Waals surface area contributed by atoms with Crippen LogP contribution in [0.4, 0.5) is 5.69 Å². The Morgan fingerprint density at radius 1 is 1.13 bits per heavy atom. The summed E-state index contributed by atoms with van der Waals surface area (Å²) in [6, 6.07) is 7.96. The number of carbonyl (C=O) groups is 2. The molecule has 0 spiro atoms. The maximum atomic E-state index is 12.3. The van der Waals surface area contributed by atoms with Gasteiger partial charge in [0.25, 0.3) is 5.91 Å². The lowest BCUT2D eigenvalue weighted by Crippen LogP contribution is -2.34. The molecule has 2 rings (SSSR count). The van der Waals surface area contributed by atoms with Gasteiger partial charge in [-0.25, -0.2) is 13.6 Å². The number of hydrogen-bond acceptors (Lipinski definition) is 5. The molecule has 2 amide bonds. The highest BCUT2D eigenvalue weighted by Crippen LogP contribution is 2.14. The number of nitrogens with zero attached hydrogens (tertiary/aromatic N) is 2. The van der Waals surface area contributed by atoms with Crippen molar-refractivity contribution in [2.75, 3.05) is 31.5 Å². The molecule has 0 aliphatic rings. The van der Waals surface area contributed by atoms with Crippen LogP contribution in [0.5, 0.6) is 0 Å². The summed E-state index contributed by atoms with van der Waals surface area (Å²) in [4.78, 5) is 26.7. The topological polar surface area (TPSA) is 127 Å². The van der Waals surface area contributed by atoms with E-state index in [0.717, 1.165) is 19.6 Å². The van der Waals surface area contributed by atoms with Gasteiger partial charge in [-0.3, -0.25) is 9.59 Å². The standard InChI is InChI=1S/C20H29N5O4S/c1-4-25(5-2)11-10-22-20(27)15-6-8-16(9-7-15)23-19(26)13-17-12-18(14-24(17)3)30(21,28)29/h6-9,12,14H,4-5,10-11,13H2,1-3H3,(H,22,27)(H,23,26)(H2,21,28,29). The van der Waals surface area contributed by atoms with Crippen LogP contribution in [0.3, 0.4) is 0 Å². The normalized spacial score (nSPS) is 11.5. The first-order valence-electron chi connectivity index (χ1n) is 9.72. The molecule has 0 atom stereocenters. The molecule has 0 fully saturated rings. The summed E-state index contributed by atoms with van der Waals surface area (Å²) in [5.41, 5.74) is 1.56. The predicted molar refractivity (Wildman–Crippen MR) is 116 cm³/mol. The number of likely N-dealkylation sites (N-methyl/N-ethyl adjacent to an activating group) is 1. The fourth-order valence-corrected chi connectivity index (χ4v) is 3.56. The van der Waals surface area contributed by atoms with Gasteiger partial charge in [0.2, 0.25) is 15.9 Å². The number of benzene rings is 1. The van der Waals surface area contributed by atoms with Crippen molar-refractivity contribution in [2.45, 2.75) is 25.2 Å². The molecule has 30 heavy (non-hydrogen) atoms. The van der Waals surface area contributed by atoms with Crippen molar-refractivity contribution in [2.24, 2.45) is 12.2 Å². The van der Waals surface area contributed by atoms with Crippen LogP contribution >= 0.6 is 0 Å². The lowest BCUT2D eigenvalue weighted by atomic mass is 10.2. The number of nitrogens with two attached hydrogens (primary N) is 1. The van der Waals surface area contributed by atoms with Crippen molar-refractivity contribution < 1.29 is 18.0 Å². The number of primary sulfonamides is 1. The first-order chi connectivity index (χ1) is 14.1. The molecule has 1 heterocycles. The zero-order chi connectivity index (χ0) is 22.3. The number of rotatable bonds is 10. The van der Waals surface area contributed by atoms with Crippen LogP contribution in [-0.4, -0.2) is 55.9 Å². The first-order valence-corrected chi connectivity index (χ1v) is 11.3. The molecule has 0 bridgehead atoms. The third kappa shape index (κ3) is 6.68. The van der Waals surface area contributed by atoms with Crippen LogP contribution in [0, 0.1) is 0 Å². The molecule has 0 unspecified atom stereocenters. The van der Waals surface area contributed by atoms with Gasteiger partial charge in [-0.05, 0) is 43.4 Å². The lowest BCUT2D eigenvalue weighted by Gasteiger charge is -2.18. The van der Waals surface area contributed by atoms with E-state index in [2.05, 4.69) is 29.4 Å². The SMILES string of the molecule is CCN(CC)CCNC(=O)c1ccc(NC(=O)Cc2cc(S(N)(=O)=O)cn2C)cc1. The number of aromatic nitrogens is 1. The van der Waals surface area contributed by atoms with Gasteiger partial charge in [0, 0.05) is 43.3 Å². The third-order valence-corrected chi connectivity index (χ3v) is 5.67. The molecule has 0 saturated carbocycles. The second kappa shape index (κ2) is 10.4. The van der Waals surface area contributed by atoms with Crippen LogP contribution in [0.1, 0.15) is 29.9 Å². The summed E-state index contributed by atoms with van der Waals surface area (Å²) in [5, 5.41) is 10.7. The average molecular weight is 436 g/mol. The largest absolute Gasteiger partial charge is 0.353 e. The van der Waals surface area contributed by atoms with Gasteiger partial charge < -0.3 is 20.1 Å². The Labute approximate surface area is 177 Å². The van der Waals surface area contributed by atoms with Crippen molar-refractivity contribution in [1.29, 1.82) is 0 Å². The number of carbonyl (C=O) groups excluding carboxylic acids is 2. The van der Waals surface area contributed by atoms with Crippen molar-refractivity contribution in [1.82, 2.24) is 14.8 Å². The van der Waals surface area contributed by atoms with Crippen molar-refractivity contribution in [3.63, 3.8) is 0 Å². The molecule has 0 saturated heterocycles. The van der Waals surface area contributed by atoms with E-state index in [9.17, 15) is 18.0 Å². The van der Waals surface area contributed by atoms with E-state index in [-0.39, 0.29) is 23.1 Å². The minimum absolute atomic E-state index is 0.0143. The van der Waals surface area contributed by atoms with E-state index in [0.29, 0.717) is 23.5 Å². The van der Waals surface area contributed by atoms with Gasteiger partial charge in [-0.15, -0.1) is 0 Å². The molecule has 1 aromatic heterocycles. The number of sulfonamides is 1. The van der Waals surface area contributed by atoms with Gasteiger partial charge in [0.15, 0.2) is 0 Å². The summed E-state index contributed by atoms with van der Waals surface area (Å²) in [6.07, 6.45) is 1.35. The summed E-state index contributed by atoms with van der Waals surface area (Å²) >= 11 is 0. The van der Waals surface area contributed by atoms with Gasteiger partial charge >= 0.3 is 0 Å². The Morgan fingerprint density at radius 3 is 2.30 bits per heavy atom. The first kappa shape index (κ1) is 23.6. The molecule has 2 aromatic rings. The van der Waals surface area contributed by atoms with Crippen LogP contribution in [0.25, 0.3) is 0 Å². The smallest absolute Gasteiger partial charge is 0.251 e. The maximum Gasteiger partial charge on any atom is 0.251 e. The zero-order valence-electron chi connectivity index (χ0n) is 17.5. The van der Waals surface area contributed by atoms with E-state index in [1.54, 1.807) is 35.9 Å². The van der Waals surface area contributed by atoms with Crippen molar-refractivity contribution in [3.8, 4) is 0 Å².